The maximum atomic E-state index is 12.4. The fraction of sp³-hybridized carbons (Fsp3) is 0.211. The van der Waals surface area contributed by atoms with Gasteiger partial charge < -0.3 is 21.7 Å². The molecule has 0 saturated heterocycles. The minimum atomic E-state index is -1.87. The quantitative estimate of drug-likeness (QED) is 0.222. The fourth-order valence-corrected chi connectivity index (χ4v) is 2.84. The van der Waals surface area contributed by atoms with Crippen molar-refractivity contribution in [1.82, 2.24) is 10.6 Å². The van der Waals surface area contributed by atoms with E-state index in [1.54, 1.807) is 48.5 Å². The van der Waals surface area contributed by atoms with Crippen LogP contribution in [0.5, 0.6) is 0 Å². The summed E-state index contributed by atoms with van der Waals surface area (Å²) >= 11 is 23.2. The lowest BCUT2D eigenvalue weighted by molar-refractivity contribution is 0.0933. The molecule has 1 unspecified atom stereocenters. The predicted octanol–water partition coefficient (Wildman–Crippen LogP) is 3.55. The van der Waals surface area contributed by atoms with Crippen molar-refractivity contribution in [1.29, 1.82) is 0 Å². The average Bonchev–Trinajstić information content (AvgIpc) is 2.67. The van der Waals surface area contributed by atoms with Crippen molar-refractivity contribution in [3.63, 3.8) is 0 Å². The maximum Gasteiger partial charge on any atom is 0.252 e. The summed E-state index contributed by atoms with van der Waals surface area (Å²) in [5.41, 5.74) is 7.86. The van der Waals surface area contributed by atoms with Gasteiger partial charge in [-0.15, -0.1) is 0 Å². The third-order valence-electron chi connectivity index (χ3n) is 3.84. The van der Waals surface area contributed by atoms with Crippen LogP contribution in [0.1, 0.15) is 26.3 Å². The van der Waals surface area contributed by atoms with Crippen LogP contribution in [0.25, 0.3) is 0 Å². The van der Waals surface area contributed by atoms with E-state index in [9.17, 15) is 9.59 Å². The molecule has 29 heavy (non-hydrogen) atoms. The number of carbonyl (C=O) groups is 2. The molecule has 6 nitrogen and oxygen atoms in total. The molecule has 5 N–H and O–H groups in total. The molecule has 0 heterocycles. The minimum Gasteiger partial charge on any atom is -0.339 e. The van der Waals surface area contributed by atoms with Gasteiger partial charge in [-0.05, 0) is 55.5 Å². The smallest absolute Gasteiger partial charge is 0.252 e. The fourth-order valence-electron chi connectivity index (χ4n) is 2.27. The SMILES string of the molecule is Cc1ccc(C(=O)NC(NC(=S)Nc2ccc(C(=O)CN)cc2)C(Cl)(Cl)Cl)cc1. The number of nitrogens with two attached hydrogens (primary N) is 1. The number of thiocarbonyl (C=S) groups is 1. The molecule has 0 bridgehead atoms. The Kier molecular flexibility index (Phi) is 8.24. The molecule has 1 atom stereocenters. The summed E-state index contributed by atoms with van der Waals surface area (Å²) in [5.74, 6) is -0.603. The maximum absolute atomic E-state index is 12.4. The lowest BCUT2D eigenvalue weighted by Crippen LogP contribution is -2.56. The molecular weight excluding hydrogens is 455 g/mol. The van der Waals surface area contributed by atoms with E-state index >= 15 is 0 Å². The zero-order valence-corrected chi connectivity index (χ0v) is 18.4. The van der Waals surface area contributed by atoms with E-state index in [1.807, 2.05) is 6.92 Å². The highest BCUT2D eigenvalue weighted by Crippen LogP contribution is 2.29. The molecular formula is C19H19Cl3N4O2S. The number of benzene rings is 2. The first kappa shape index (κ1) is 23.4. The number of alkyl halides is 3. The van der Waals surface area contributed by atoms with Crippen molar-refractivity contribution in [3.8, 4) is 0 Å². The summed E-state index contributed by atoms with van der Waals surface area (Å²) < 4.78 is -1.87. The van der Waals surface area contributed by atoms with Gasteiger partial charge in [0.2, 0.25) is 3.79 Å². The Labute approximate surface area is 189 Å². The summed E-state index contributed by atoms with van der Waals surface area (Å²) in [6, 6.07) is 13.5. The normalized spacial score (nSPS) is 12.0. The van der Waals surface area contributed by atoms with Crippen LogP contribution in [0.15, 0.2) is 48.5 Å². The lowest BCUT2D eigenvalue weighted by Gasteiger charge is -2.27. The Hall–Kier alpha value is -1.90. The van der Waals surface area contributed by atoms with Crippen molar-refractivity contribution in [2.75, 3.05) is 11.9 Å². The van der Waals surface area contributed by atoms with Gasteiger partial charge in [0.05, 0.1) is 6.54 Å². The highest BCUT2D eigenvalue weighted by molar-refractivity contribution is 7.80. The monoisotopic (exact) mass is 472 g/mol. The lowest BCUT2D eigenvalue weighted by atomic mass is 10.1. The van der Waals surface area contributed by atoms with Crippen molar-refractivity contribution in [2.45, 2.75) is 16.9 Å². The summed E-state index contributed by atoms with van der Waals surface area (Å²) in [7, 11) is 0. The number of rotatable bonds is 6. The van der Waals surface area contributed by atoms with Crippen molar-refractivity contribution < 1.29 is 9.59 Å². The van der Waals surface area contributed by atoms with E-state index in [-0.39, 0.29) is 17.4 Å². The van der Waals surface area contributed by atoms with E-state index in [4.69, 9.17) is 52.8 Å². The number of aryl methyl sites for hydroxylation is 1. The van der Waals surface area contributed by atoms with E-state index in [0.717, 1.165) is 5.56 Å². The molecule has 0 saturated carbocycles. The van der Waals surface area contributed by atoms with Crippen LogP contribution in [-0.4, -0.2) is 33.3 Å². The van der Waals surface area contributed by atoms with Crippen molar-refractivity contribution in [3.05, 3.63) is 65.2 Å². The van der Waals surface area contributed by atoms with E-state index in [2.05, 4.69) is 16.0 Å². The third-order valence-corrected chi connectivity index (χ3v) is 4.72. The van der Waals surface area contributed by atoms with Crippen LogP contribution in [-0.2, 0) is 0 Å². The van der Waals surface area contributed by atoms with Gasteiger partial charge in [0.1, 0.15) is 6.17 Å². The molecule has 1 amide bonds. The largest absolute Gasteiger partial charge is 0.339 e. The topological polar surface area (TPSA) is 96.2 Å². The number of carbonyl (C=O) groups excluding carboxylic acids is 2. The number of hydrogen-bond donors (Lipinski definition) is 4. The van der Waals surface area contributed by atoms with Crippen LogP contribution in [0.3, 0.4) is 0 Å². The Morgan fingerprint density at radius 2 is 1.55 bits per heavy atom. The van der Waals surface area contributed by atoms with Crippen LogP contribution in [0.4, 0.5) is 5.69 Å². The molecule has 0 spiro atoms. The van der Waals surface area contributed by atoms with Crippen LogP contribution in [0.2, 0.25) is 0 Å². The standard InChI is InChI=1S/C19H19Cl3N4O2S/c1-11-2-4-13(5-3-11)16(28)25-17(19(20,21)22)26-18(29)24-14-8-6-12(7-9-14)15(27)10-23/h2-9,17H,10,23H2,1H3,(H,25,28)(H2,24,26,29). The molecule has 0 fully saturated rings. The Bertz CT molecular complexity index is 884. The van der Waals surface area contributed by atoms with Gasteiger partial charge in [0, 0.05) is 16.8 Å². The summed E-state index contributed by atoms with van der Waals surface area (Å²) in [6.07, 6.45) is -1.10. The van der Waals surface area contributed by atoms with E-state index in [1.165, 1.54) is 0 Å². The molecule has 0 aromatic heterocycles. The molecule has 0 radical (unpaired) electrons. The van der Waals surface area contributed by atoms with E-state index in [0.29, 0.717) is 16.8 Å². The Morgan fingerprint density at radius 1 is 1.00 bits per heavy atom. The molecule has 0 aliphatic rings. The molecule has 2 aromatic rings. The second-order valence-corrected chi connectivity index (χ2v) is 8.89. The van der Waals surface area contributed by atoms with Gasteiger partial charge in [-0.2, -0.15) is 0 Å². The summed E-state index contributed by atoms with van der Waals surface area (Å²) in [4.78, 5) is 24.0. The number of halogens is 3. The van der Waals surface area contributed by atoms with Gasteiger partial charge in [0.15, 0.2) is 10.9 Å². The van der Waals surface area contributed by atoms with Crippen molar-refractivity contribution in [2.24, 2.45) is 5.73 Å². The van der Waals surface area contributed by atoms with Crippen LogP contribution >= 0.6 is 47.0 Å². The summed E-state index contributed by atoms with van der Waals surface area (Å²) in [5, 5.41) is 8.39. The van der Waals surface area contributed by atoms with Crippen LogP contribution in [0, 0.1) is 6.92 Å². The van der Waals surface area contributed by atoms with Crippen molar-refractivity contribution >= 4 is 69.5 Å². The molecule has 2 rings (SSSR count). The second-order valence-electron chi connectivity index (χ2n) is 6.12. The van der Waals surface area contributed by atoms with Gasteiger partial charge in [0.25, 0.3) is 5.91 Å². The zero-order chi connectivity index (χ0) is 21.6. The predicted molar refractivity (Wildman–Crippen MR) is 122 cm³/mol. The molecule has 2 aromatic carbocycles. The average molecular weight is 474 g/mol. The molecule has 10 heteroatoms. The first-order chi connectivity index (χ1) is 13.6. The number of Topliss-reactive ketones (excluding diaryl/α,β-unsaturated/α-hetero) is 1. The van der Waals surface area contributed by atoms with Gasteiger partial charge in [-0.1, -0.05) is 52.5 Å². The highest BCUT2D eigenvalue weighted by Gasteiger charge is 2.34. The first-order valence-electron chi connectivity index (χ1n) is 8.45. The second kappa shape index (κ2) is 10.2. The van der Waals surface area contributed by atoms with Gasteiger partial charge in [-0.3, -0.25) is 9.59 Å². The van der Waals surface area contributed by atoms with Crippen LogP contribution < -0.4 is 21.7 Å². The first-order valence-corrected chi connectivity index (χ1v) is 9.99. The Morgan fingerprint density at radius 3 is 2.07 bits per heavy atom. The van der Waals surface area contributed by atoms with E-state index < -0.39 is 15.9 Å². The number of amides is 1. The third kappa shape index (κ3) is 7.13. The molecule has 154 valence electrons. The van der Waals surface area contributed by atoms with Gasteiger partial charge in [-0.25, -0.2) is 0 Å². The number of hydrogen-bond acceptors (Lipinski definition) is 4. The number of ketones is 1. The number of anilines is 1. The minimum absolute atomic E-state index is 0.0711. The number of nitrogens with one attached hydrogen (secondary N) is 3. The molecule has 0 aliphatic heterocycles. The summed E-state index contributed by atoms with van der Waals surface area (Å²) in [6.45, 7) is 1.84. The van der Waals surface area contributed by atoms with Gasteiger partial charge >= 0.3 is 0 Å². The highest BCUT2D eigenvalue weighted by atomic mass is 35.6. The Balaban J connectivity index is 2.04. The molecule has 0 aliphatic carbocycles. The zero-order valence-electron chi connectivity index (χ0n) is 15.3.